The van der Waals surface area contributed by atoms with E-state index in [1.165, 1.54) is 6.07 Å². The molecular formula is C7H9N3OS. The standard InChI is InChI=1S/C7H9N3OS/c8-5-2-1-4(3-6(5)9)7(11)10-12/h1-3,12H,8-9H2,(H,10,11). The molecule has 0 aliphatic heterocycles. The van der Waals surface area contributed by atoms with Crippen molar-refractivity contribution < 1.29 is 4.79 Å². The van der Waals surface area contributed by atoms with Crippen molar-refractivity contribution in [1.29, 1.82) is 0 Å². The van der Waals surface area contributed by atoms with Crippen LogP contribution >= 0.6 is 12.8 Å². The molecule has 1 rings (SSSR count). The number of carbonyl (C=O) groups is 1. The van der Waals surface area contributed by atoms with Gasteiger partial charge in [0.15, 0.2) is 0 Å². The largest absolute Gasteiger partial charge is 0.397 e. The van der Waals surface area contributed by atoms with Gasteiger partial charge in [0.05, 0.1) is 11.4 Å². The zero-order chi connectivity index (χ0) is 9.14. The summed E-state index contributed by atoms with van der Waals surface area (Å²) in [6.07, 6.45) is 0. The summed E-state index contributed by atoms with van der Waals surface area (Å²) in [6, 6.07) is 4.66. The van der Waals surface area contributed by atoms with Crippen LogP contribution in [0.2, 0.25) is 0 Å². The molecule has 1 aromatic rings. The van der Waals surface area contributed by atoms with E-state index in [0.717, 1.165) is 0 Å². The quantitative estimate of drug-likeness (QED) is 0.376. The van der Waals surface area contributed by atoms with E-state index in [4.69, 9.17) is 11.5 Å². The molecule has 0 radical (unpaired) electrons. The van der Waals surface area contributed by atoms with Crippen LogP contribution in [0, 0.1) is 0 Å². The normalized spacial score (nSPS) is 9.42. The monoisotopic (exact) mass is 183 g/mol. The first kappa shape index (κ1) is 8.73. The molecule has 12 heavy (non-hydrogen) atoms. The van der Waals surface area contributed by atoms with Crippen LogP contribution in [0.25, 0.3) is 0 Å². The molecule has 0 saturated heterocycles. The van der Waals surface area contributed by atoms with Gasteiger partial charge in [-0.2, -0.15) is 0 Å². The van der Waals surface area contributed by atoms with E-state index in [9.17, 15) is 4.79 Å². The highest BCUT2D eigenvalue weighted by atomic mass is 32.1. The lowest BCUT2D eigenvalue weighted by atomic mass is 10.2. The number of nitrogen functional groups attached to an aromatic ring is 2. The first-order valence-corrected chi connectivity index (χ1v) is 3.69. The first-order chi connectivity index (χ1) is 5.65. The molecule has 0 aromatic heterocycles. The van der Waals surface area contributed by atoms with E-state index >= 15 is 0 Å². The number of anilines is 2. The van der Waals surface area contributed by atoms with Crippen molar-refractivity contribution in [2.24, 2.45) is 0 Å². The van der Waals surface area contributed by atoms with E-state index in [1.54, 1.807) is 12.1 Å². The third-order valence-electron chi connectivity index (χ3n) is 1.45. The van der Waals surface area contributed by atoms with Crippen LogP contribution in [0.4, 0.5) is 11.4 Å². The Balaban J connectivity index is 3.05. The molecule has 0 heterocycles. The summed E-state index contributed by atoms with van der Waals surface area (Å²) in [7, 11) is 0. The number of hydrogen-bond acceptors (Lipinski definition) is 4. The molecule has 0 atom stereocenters. The van der Waals surface area contributed by atoms with Gasteiger partial charge in [-0.3, -0.25) is 9.52 Å². The van der Waals surface area contributed by atoms with E-state index < -0.39 is 0 Å². The summed E-state index contributed by atoms with van der Waals surface area (Å²) < 4.78 is 2.19. The predicted molar refractivity (Wildman–Crippen MR) is 51.7 cm³/mol. The highest BCUT2D eigenvalue weighted by Crippen LogP contribution is 2.15. The Bertz CT molecular complexity index is 314. The predicted octanol–water partition coefficient (Wildman–Crippen LogP) is 0.426. The molecule has 5 N–H and O–H groups in total. The fourth-order valence-electron chi connectivity index (χ4n) is 0.781. The second kappa shape index (κ2) is 3.36. The topological polar surface area (TPSA) is 81.1 Å². The van der Waals surface area contributed by atoms with Crippen molar-refractivity contribution in [2.45, 2.75) is 0 Å². The van der Waals surface area contributed by atoms with Crippen LogP contribution in [0.3, 0.4) is 0 Å². The van der Waals surface area contributed by atoms with Crippen molar-refractivity contribution in [2.75, 3.05) is 11.5 Å². The Morgan fingerprint density at radius 3 is 2.50 bits per heavy atom. The van der Waals surface area contributed by atoms with Gasteiger partial charge in [0.1, 0.15) is 0 Å². The highest BCUT2D eigenvalue weighted by molar-refractivity contribution is 7.78. The Labute approximate surface area is 75.5 Å². The highest BCUT2D eigenvalue weighted by Gasteiger charge is 2.04. The molecule has 1 aromatic carbocycles. The lowest BCUT2D eigenvalue weighted by Gasteiger charge is -2.02. The maximum atomic E-state index is 11.0. The van der Waals surface area contributed by atoms with Crippen LogP contribution < -0.4 is 16.2 Å². The minimum atomic E-state index is -0.301. The summed E-state index contributed by atoms with van der Waals surface area (Å²) in [4.78, 5) is 11.0. The molecule has 0 bridgehead atoms. The summed E-state index contributed by atoms with van der Waals surface area (Å²) >= 11 is 3.62. The lowest BCUT2D eigenvalue weighted by Crippen LogP contribution is -2.13. The molecule has 0 aliphatic carbocycles. The van der Waals surface area contributed by atoms with Gasteiger partial charge in [0.25, 0.3) is 5.91 Å². The third-order valence-corrected chi connectivity index (χ3v) is 1.65. The van der Waals surface area contributed by atoms with Crippen LogP contribution in [0.15, 0.2) is 18.2 Å². The van der Waals surface area contributed by atoms with E-state index in [1.807, 2.05) is 0 Å². The second-order valence-electron chi connectivity index (χ2n) is 2.28. The van der Waals surface area contributed by atoms with Crippen LogP contribution in [-0.4, -0.2) is 5.91 Å². The fraction of sp³-hybridized carbons (Fsp3) is 0. The smallest absolute Gasteiger partial charge is 0.260 e. The zero-order valence-electron chi connectivity index (χ0n) is 6.24. The van der Waals surface area contributed by atoms with Crippen molar-refractivity contribution in [1.82, 2.24) is 4.72 Å². The third kappa shape index (κ3) is 1.62. The van der Waals surface area contributed by atoms with Crippen molar-refractivity contribution in [3.63, 3.8) is 0 Å². The number of amides is 1. The molecule has 64 valence electrons. The van der Waals surface area contributed by atoms with E-state index in [2.05, 4.69) is 17.5 Å². The van der Waals surface area contributed by atoms with Crippen LogP contribution in [-0.2, 0) is 0 Å². The van der Waals surface area contributed by atoms with Crippen molar-refractivity contribution >= 4 is 30.1 Å². The molecule has 0 saturated carbocycles. The van der Waals surface area contributed by atoms with Gasteiger partial charge in [-0.05, 0) is 18.2 Å². The number of nitrogens with one attached hydrogen (secondary N) is 1. The van der Waals surface area contributed by atoms with Crippen molar-refractivity contribution in [3.8, 4) is 0 Å². The maximum absolute atomic E-state index is 11.0. The Kier molecular flexibility index (Phi) is 2.44. The molecule has 0 fully saturated rings. The van der Waals surface area contributed by atoms with E-state index in [0.29, 0.717) is 16.9 Å². The van der Waals surface area contributed by atoms with Gasteiger partial charge in [-0.25, -0.2) is 0 Å². The average molecular weight is 183 g/mol. The molecule has 1 amide bonds. The minimum absolute atomic E-state index is 0.301. The number of thiol groups is 1. The summed E-state index contributed by atoms with van der Waals surface area (Å²) in [5.41, 5.74) is 12.2. The van der Waals surface area contributed by atoms with Gasteiger partial charge in [0.2, 0.25) is 0 Å². The summed E-state index contributed by atoms with van der Waals surface area (Å²) in [6.45, 7) is 0. The Morgan fingerprint density at radius 2 is 2.00 bits per heavy atom. The lowest BCUT2D eigenvalue weighted by molar-refractivity contribution is 0.0985. The zero-order valence-corrected chi connectivity index (χ0v) is 7.14. The molecule has 0 unspecified atom stereocenters. The van der Waals surface area contributed by atoms with Gasteiger partial charge in [-0.1, -0.05) is 12.8 Å². The summed E-state index contributed by atoms with van der Waals surface area (Å²) in [5.74, 6) is -0.301. The Hall–Kier alpha value is -1.36. The number of hydrogen-bond donors (Lipinski definition) is 4. The SMILES string of the molecule is Nc1ccc(C(=O)NS)cc1N. The molecule has 4 nitrogen and oxygen atoms in total. The van der Waals surface area contributed by atoms with Gasteiger partial charge in [0, 0.05) is 5.56 Å². The average Bonchev–Trinajstić information content (AvgIpc) is 2.08. The molecule has 5 heteroatoms. The molecule has 0 aliphatic rings. The van der Waals surface area contributed by atoms with E-state index in [-0.39, 0.29) is 5.91 Å². The molecule has 0 spiro atoms. The number of nitrogens with two attached hydrogens (primary N) is 2. The maximum Gasteiger partial charge on any atom is 0.260 e. The van der Waals surface area contributed by atoms with Crippen LogP contribution in [0.5, 0.6) is 0 Å². The van der Waals surface area contributed by atoms with Gasteiger partial charge >= 0.3 is 0 Å². The molecular weight excluding hydrogens is 174 g/mol. The van der Waals surface area contributed by atoms with Crippen LogP contribution in [0.1, 0.15) is 10.4 Å². The van der Waals surface area contributed by atoms with Crippen molar-refractivity contribution in [3.05, 3.63) is 23.8 Å². The first-order valence-electron chi connectivity index (χ1n) is 3.24. The summed E-state index contributed by atoms with van der Waals surface area (Å²) in [5, 5.41) is 0. The van der Waals surface area contributed by atoms with Gasteiger partial charge < -0.3 is 11.5 Å². The fourth-order valence-corrected chi connectivity index (χ4v) is 0.910. The number of benzene rings is 1. The van der Waals surface area contributed by atoms with Gasteiger partial charge in [-0.15, -0.1) is 0 Å². The second-order valence-corrected chi connectivity index (χ2v) is 2.51. The number of carbonyl (C=O) groups excluding carboxylic acids is 1. The number of rotatable bonds is 1. The minimum Gasteiger partial charge on any atom is -0.397 e. The Morgan fingerprint density at radius 1 is 1.33 bits per heavy atom.